The smallest absolute Gasteiger partial charge is 0.330 e. The van der Waals surface area contributed by atoms with Gasteiger partial charge in [-0.2, -0.15) is 4.57 Å². The van der Waals surface area contributed by atoms with Crippen molar-refractivity contribution < 1.29 is 14.2 Å². The second kappa shape index (κ2) is 8.56. The van der Waals surface area contributed by atoms with E-state index in [9.17, 15) is 19.2 Å². The molecule has 30 heavy (non-hydrogen) atoms. The zero-order chi connectivity index (χ0) is 21.8. The van der Waals surface area contributed by atoms with Gasteiger partial charge in [0.1, 0.15) is 5.82 Å². The summed E-state index contributed by atoms with van der Waals surface area (Å²) in [6, 6.07) is 12.4. The number of nitrogens with one attached hydrogen (secondary N) is 1. The Bertz CT molecular complexity index is 1210. The first-order valence-corrected chi connectivity index (χ1v) is 9.21. The third kappa shape index (κ3) is 4.35. The minimum Gasteiger partial charge on any atom is -0.383 e. The number of aromatic nitrogens is 3. The highest BCUT2D eigenvalue weighted by Gasteiger charge is 2.23. The molecule has 3 aromatic rings. The fourth-order valence-corrected chi connectivity index (χ4v) is 3.04. The number of carbonyl (C=O) groups excluding carboxylic acids is 2. The maximum Gasteiger partial charge on any atom is 0.330 e. The normalized spacial score (nSPS) is 10.6. The van der Waals surface area contributed by atoms with Crippen LogP contribution in [0.3, 0.4) is 0 Å². The van der Waals surface area contributed by atoms with Crippen molar-refractivity contribution in [1.82, 2.24) is 9.55 Å². The molecule has 2 heterocycles. The molecule has 154 valence electrons. The predicted octanol–water partition coefficient (Wildman–Crippen LogP) is 0.320. The molecule has 0 radical (unpaired) electrons. The van der Waals surface area contributed by atoms with Crippen LogP contribution in [-0.2, 0) is 17.9 Å². The number of ketones is 1. The minimum atomic E-state index is -0.750. The third-order valence-electron chi connectivity index (χ3n) is 4.69. The number of aromatic amines is 1. The van der Waals surface area contributed by atoms with Crippen molar-refractivity contribution in [2.45, 2.75) is 20.0 Å². The molecule has 2 aromatic heterocycles. The van der Waals surface area contributed by atoms with Crippen LogP contribution in [0, 0.1) is 0 Å². The molecule has 0 aliphatic rings. The molecule has 0 saturated heterocycles. The topological polar surface area (TPSA) is 122 Å². The van der Waals surface area contributed by atoms with Gasteiger partial charge in [0, 0.05) is 13.1 Å². The average molecular weight is 408 g/mol. The number of carbonyl (C=O) groups is 2. The Morgan fingerprint density at radius 3 is 2.50 bits per heavy atom. The fraction of sp³-hybridized carbons (Fsp3) is 0.190. The van der Waals surface area contributed by atoms with E-state index in [0.29, 0.717) is 5.56 Å². The molecule has 0 unspecified atom stereocenters. The zero-order valence-corrected chi connectivity index (χ0v) is 16.7. The van der Waals surface area contributed by atoms with E-state index in [0.717, 1.165) is 10.5 Å². The number of anilines is 2. The quantitative estimate of drug-likeness (QED) is 0.449. The van der Waals surface area contributed by atoms with E-state index in [1.807, 2.05) is 30.3 Å². The summed E-state index contributed by atoms with van der Waals surface area (Å²) in [7, 11) is 1.41. The summed E-state index contributed by atoms with van der Waals surface area (Å²) < 4.78 is 2.75. The number of amides is 1. The monoisotopic (exact) mass is 408 g/mol. The predicted molar refractivity (Wildman–Crippen MR) is 111 cm³/mol. The van der Waals surface area contributed by atoms with Gasteiger partial charge in [-0.3, -0.25) is 23.9 Å². The summed E-state index contributed by atoms with van der Waals surface area (Å²) in [6.45, 7) is 1.46. The van der Waals surface area contributed by atoms with Crippen LogP contribution in [0.1, 0.15) is 22.8 Å². The van der Waals surface area contributed by atoms with Crippen LogP contribution in [-0.4, -0.2) is 28.3 Å². The van der Waals surface area contributed by atoms with Gasteiger partial charge in [0.2, 0.25) is 6.54 Å². The van der Waals surface area contributed by atoms with Crippen LogP contribution in [0.15, 0.2) is 64.4 Å². The zero-order valence-electron chi connectivity index (χ0n) is 16.7. The molecule has 1 aromatic carbocycles. The Balaban J connectivity index is 1.92. The Morgan fingerprint density at radius 1 is 1.13 bits per heavy atom. The lowest BCUT2D eigenvalue weighted by Crippen LogP contribution is -2.46. The van der Waals surface area contributed by atoms with Crippen molar-refractivity contribution in [3.8, 4) is 0 Å². The summed E-state index contributed by atoms with van der Waals surface area (Å²) in [4.78, 5) is 52.4. The Morgan fingerprint density at radius 2 is 1.83 bits per heavy atom. The number of hydrogen-bond donors (Lipinski definition) is 2. The molecule has 0 aliphatic carbocycles. The first kappa shape index (κ1) is 20.7. The van der Waals surface area contributed by atoms with Crippen molar-refractivity contribution in [1.29, 1.82) is 0 Å². The van der Waals surface area contributed by atoms with E-state index in [-0.39, 0.29) is 30.4 Å². The van der Waals surface area contributed by atoms with Gasteiger partial charge in [-0.15, -0.1) is 0 Å². The molecule has 9 heteroatoms. The molecule has 0 aliphatic heterocycles. The van der Waals surface area contributed by atoms with E-state index < -0.39 is 17.2 Å². The highest BCUT2D eigenvalue weighted by molar-refractivity contribution is 5.94. The number of nitrogens with two attached hydrogens (primary N) is 1. The number of nitrogens with zero attached hydrogens (tertiary/aromatic N) is 3. The van der Waals surface area contributed by atoms with E-state index in [2.05, 4.69) is 4.98 Å². The summed E-state index contributed by atoms with van der Waals surface area (Å²) in [5.74, 6) is -0.674. The van der Waals surface area contributed by atoms with Crippen LogP contribution >= 0.6 is 0 Å². The lowest BCUT2D eigenvalue weighted by atomic mass is 10.2. The van der Waals surface area contributed by atoms with Crippen LogP contribution in [0.4, 0.5) is 11.5 Å². The van der Waals surface area contributed by atoms with Gasteiger partial charge in [-0.25, -0.2) is 4.79 Å². The van der Waals surface area contributed by atoms with Gasteiger partial charge in [0.15, 0.2) is 23.9 Å². The Hall–Kier alpha value is -4.01. The summed E-state index contributed by atoms with van der Waals surface area (Å²) in [5.41, 5.74) is 5.88. The number of nitrogen functional groups attached to an aromatic ring is 1. The number of H-pyrrole nitrogens is 1. The second-order valence-electron chi connectivity index (χ2n) is 6.84. The highest BCUT2D eigenvalue weighted by Crippen LogP contribution is 2.16. The molecule has 0 fully saturated rings. The van der Waals surface area contributed by atoms with E-state index in [1.54, 1.807) is 29.1 Å². The standard InChI is InChI=1S/C21H21N5O4/c1-14(27)16-9-6-10-25(12-16)13-17(28)24(2)18-19(22)26(21(30)23-20(18)29)11-15-7-4-3-5-8-15/h3-10,12H,11,13H2,1-2H3,(H2-,22,23,29,30)/p+1. The lowest BCUT2D eigenvalue weighted by Gasteiger charge is -2.19. The number of Topliss-reactive ketones (excluding diaryl/α,β-unsaturated/α-hetero) is 1. The molecular weight excluding hydrogens is 386 g/mol. The van der Waals surface area contributed by atoms with Crippen molar-refractivity contribution in [3.63, 3.8) is 0 Å². The van der Waals surface area contributed by atoms with Gasteiger partial charge in [-0.1, -0.05) is 30.3 Å². The van der Waals surface area contributed by atoms with Gasteiger partial charge in [0.25, 0.3) is 11.5 Å². The highest BCUT2D eigenvalue weighted by atomic mass is 16.2. The van der Waals surface area contributed by atoms with Crippen molar-refractivity contribution in [2.75, 3.05) is 17.7 Å². The SMILES string of the molecule is CC(=O)c1ccc[n+](CC(=O)N(C)c2c(N)n(Cc3ccccc3)c(=O)[nH]c2=O)c1. The number of rotatable bonds is 6. The maximum absolute atomic E-state index is 12.8. The minimum absolute atomic E-state index is 0.106. The molecule has 3 N–H and O–H groups in total. The van der Waals surface area contributed by atoms with Crippen LogP contribution in [0.25, 0.3) is 0 Å². The van der Waals surface area contributed by atoms with Crippen molar-refractivity contribution >= 4 is 23.2 Å². The van der Waals surface area contributed by atoms with Gasteiger partial charge >= 0.3 is 5.69 Å². The molecule has 0 bridgehead atoms. The largest absolute Gasteiger partial charge is 0.383 e. The van der Waals surface area contributed by atoms with E-state index in [1.165, 1.54) is 18.5 Å². The van der Waals surface area contributed by atoms with E-state index >= 15 is 0 Å². The molecule has 9 nitrogen and oxygen atoms in total. The lowest BCUT2D eigenvalue weighted by molar-refractivity contribution is -0.684. The molecule has 0 saturated carbocycles. The fourth-order valence-electron chi connectivity index (χ4n) is 3.04. The average Bonchev–Trinajstić information content (AvgIpc) is 2.71. The van der Waals surface area contributed by atoms with Crippen LogP contribution < -0.4 is 26.4 Å². The van der Waals surface area contributed by atoms with E-state index in [4.69, 9.17) is 5.73 Å². The third-order valence-corrected chi connectivity index (χ3v) is 4.69. The van der Waals surface area contributed by atoms with Crippen molar-refractivity contribution in [2.24, 2.45) is 0 Å². The molecule has 3 rings (SSSR count). The number of hydrogen-bond acceptors (Lipinski definition) is 5. The number of likely N-dealkylation sites (N-methyl/N-ethyl adjacent to an activating group) is 1. The van der Waals surface area contributed by atoms with Crippen LogP contribution in [0.5, 0.6) is 0 Å². The van der Waals surface area contributed by atoms with Gasteiger partial charge in [-0.05, 0) is 18.6 Å². The summed E-state index contributed by atoms with van der Waals surface area (Å²) >= 11 is 0. The molecular formula is C21H22N5O4+. The molecule has 1 amide bonds. The molecule has 0 atom stereocenters. The molecule has 0 spiro atoms. The Labute approximate surface area is 172 Å². The number of benzene rings is 1. The van der Waals surface area contributed by atoms with Crippen molar-refractivity contribution in [3.05, 3.63) is 86.8 Å². The van der Waals surface area contributed by atoms with Crippen LogP contribution in [0.2, 0.25) is 0 Å². The summed E-state index contributed by atoms with van der Waals surface area (Å²) in [5, 5.41) is 0. The number of pyridine rings is 1. The second-order valence-corrected chi connectivity index (χ2v) is 6.84. The maximum atomic E-state index is 12.8. The van der Waals surface area contributed by atoms with Gasteiger partial charge < -0.3 is 10.6 Å². The summed E-state index contributed by atoms with van der Waals surface area (Å²) in [6.07, 6.45) is 3.19. The Kier molecular flexibility index (Phi) is 5.91. The first-order valence-electron chi connectivity index (χ1n) is 9.21. The van der Waals surface area contributed by atoms with Gasteiger partial charge in [0.05, 0.1) is 12.1 Å². The first-order chi connectivity index (χ1) is 14.3.